The van der Waals surface area contributed by atoms with Crippen molar-refractivity contribution in [2.24, 2.45) is 5.14 Å². The summed E-state index contributed by atoms with van der Waals surface area (Å²) in [4.78, 5) is 20.4. The molecule has 0 radical (unpaired) electrons. The number of nitrogens with one attached hydrogen (secondary N) is 1. The molecule has 8 nitrogen and oxygen atoms in total. The highest BCUT2D eigenvalue weighted by atomic mass is 32.2. The minimum Gasteiger partial charge on any atom is -0.301 e. The number of thioether (sulfide) groups is 1. The van der Waals surface area contributed by atoms with E-state index in [1.54, 1.807) is 12.1 Å². The van der Waals surface area contributed by atoms with Gasteiger partial charge in [0.05, 0.1) is 22.0 Å². The molecule has 0 aliphatic rings. The number of nitrogens with zero attached hydrogens (tertiary/aromatic N) is 3. The van der Waals surface area contributed by atoms with Crippen LogP contribution in [-0.2, 0) is 10.0 Å². The molecule has 0 atom stereocenters. The van der Waals surface area contributed by atoms with Crippen LogP contribution in [0.2, 0.25) is 0 Å². The largest absolute Gasteiger partial charge is 0.301 e. The normalized spacial score (nSPS) is 11.8. The van der Waals surface area contributed by atoms with Crippen LogP contribution in [0.3, 0.4) is 0 Å². The van der Waals surface area contributed by atoms with Gasteiger partial charge in [0.15, 0.2) is 10.8 Å². The van der Waals surface area contributed by atoms with Crippen LogP contribution < -0.4 is 10.7 Å². The van der Waals surface area contributed by atoms with Gasteiger partial charge in [-0.15, -0.1) is 0 Å². The predicted octanol–water partition coefficient (Wildman–Crippen LogP) is 3.64. The third-order valence-electron chi connectivity index (χ3n) is 5.26. The Morgan fingerprint density at radius 2 is 1.47 bits per heavy atom. The van der Waals surface area contributed by atoms with Crippen molar-refractivity contribution in [2.75, 3.05) is 0 Å². The first kappa shape index (κ1) is 22.1. The number of hydrogen-bond acceptors (Lipinski definition) is 6. The first-order valence-electron chi connectivity index (χ1n) is 10.3. The van der Waals surface area contributed by atoms with Crippen molar-refractivity contribution >= 4 is 32.8 Å². The molecule has 170 valence electrons. The molecule has 0 spiro atoms. The fourth-order valence-corrected chi connectivity index (χ4v) is 5.23. The van der Waals surface area contributed by atoms with Crippen molar-refractivity contribution in [1.29, 1.82) is 0 Å². The minimum absolute atomic E-state index is 0.0108. The molecular weight excluding hydrogens is 470 g/mol. The summed E-state index contributed by atoms with van der Waals surface area (Å²) in [6, 6.07) is 25.9. The summed E-state index contributed by atoms with van der Waals surface area (Å²) in [5.41, 5.74) is 2.77. The monoisotopic (exact) mass is 489 g/mol. The lowest BCUT2D eigenvalue weighted by molar-refractivity contribution is 0.598. The average Bonchev–Trinajstić information content (AvgIpc) is 3.28. The second-order valence-corrected chi connectivity index (χ2v) is 10.2. The molecule has 0 unspecified atom stereocenters. The van der Waals surface area contributed by atoms with Gasteiger partial charge in [-0.2, -0.15) is 5.10 Å². The van der Waals surface area contributed by atoms with E-state index in [4.69, 9.17) is 10.1 Å². The minimum atomic E-state index is -3.81. The Kier molecular flexibility index (Phi) is 5.78. The van der Waals surface area contributed by atoms with Crippen molar-refractivity contribution in [3.8, 4) is 5.69 Å². The van der Waals surface area contributed by atoms with Gasteiger partial charge >= 0.3 is 0 Å². The molecule has 34 heavy (non-hydrogen) atoms. The molecule has 3 N–H and O–H groups in total. The van der Waals surface area contributed by atoms with E-state index in [0.29, 0.717) is 21.9 Å². The van der Waals surface area contributed by atoms with Gasteiger partial charge in [-0.05, 0) is 35.4 Å². The quantitative estimate of drug-likeness (QED) is 0.277. The maximum absolute atomic E-state index is 12.8. The van der Waals surface area contributed by atoms with Gasteiger partial charge in [0.1, 0.15) is 5.39 Å². The number of aromatic nitrogens is 4. The number of nitrogens with two attached hydrogens (primary N) is 1. The standard InChI is InChI=1S/C24H19N5O3S2/c25-34(31,32)19-13-11-18(12-14-19)29-22-20(15-26-29)23(30)28-24(27-22)33-21(16-7-3-1-4-8-16)17-9-5-2-6-10-17/h1-15,21H,(H2,25,31,32)(H,27,28,30). The highest BCUT2D eigenvalue weighted by Crippen LogP contribution is 2.38. The fraction of sp³-hybridized carbons (Fsp3) is 0.0417. The second kappa shape index (κ2) is 8.90. The molecule has 0 saturated carbocycles. The molecule has 0 fully saturated rings. The van der Waals surface area contributed by atoms with Crippen LogP contribution in [-0.4, -0.2) is 28.2 Å². The molecule has 5 aromatic rings. The molecule has 0 saturated heterocycles. The number of sulfonamides is 1. The summed E-state index contributed by atoms with van der Waals surface area (Å²) in [5, 5.41) is 10.2. The van der Waals surface area contributed by atoms with Gasteiger partial charge in [-0.25, -0.2) is 23.2 Å². The van der Waals surface area contributed by atoms with E-state index in [0.717, 1.165) is 11.1 Å². The first-order valence-corrected chi connectivity index (χ1v) is 12.7. The Bertz CT molecular complexity index is 1580. The van der Waals surface area contributed by atoms with Crippen molar-refractivity contribution in [1.82, 2.24) is 19.7 Å². The van der Waals surface area contributed by atoms with Crippen molar-refractivity contribution in [2.45, 2.75) is 15.3 Å². The van der Waals surface area contributed by atoms with Gasteiger partial charge in [0, 0.05) is 0 Å². The van der Waals surface area contributed by atoms with Crippen LogP contribution in [0, 0.1) is 0 Å². The second-order valence-electron chi connectivity index (χ2n) is 7.52. The Morgan fingerprint density at radius 3 is 2.03 bits per heavy atom. The zero-order valence-electron chi connectivity index (χ0n) is 17.7. The molecule has 10 heteroatoms. The summed E-state index contributed by atoms with van der Waals surface area (Å²) in [6.07, 6.45) is 1.44. The molecule has 3 aromatic carbocycles. The smallest absolute Gasteiger partial charge is 0.262 e. The molecule has 5 rings (SSSR count). The summed E-state index contributed by atoms with van der Waals surface area (Å²) in [6.45, 7) is 0. The maximum Gasteiger partial charge on any atom is 0.262 e. The Balaban J connectivity index is 1.57. The topological polar surface area (TPSA) is 124 Å². The van der Waals surface area contributed by atoms with Crippen LogP contribution >= 0.6 is 11.8 Å². The first-order chi connectivity index (χ1) is 16.4. The van der Waals surface area contributed by atoms with Crippen molar-refractivity contribution in [3.63, 3.8) is 0 Å². The SMILES string of the molecule is NS(=O)(=O)c1ccc(-n2ncc3c(=O)[nH]c(SC(c4ccccc4)c4ccccc4)nc32)cc1. The van der Waals surface area contributed by atoms with Crippen LogP contribution in [0.4, 0.5) is 0 Å². The molecule has 2 aromatic heterocycles. The van der Waals surface area contributed by atoms with Gasteiger partial charge in [-0.3, -0.25) is 4.79 Å². The molecule has 0 amide bonds. The Morgan fingerprint density at radius 1 is 0.882 bits per heavy atom. The number of fused-ring (bicyclic) bond motifs is 1. The number of aromatic amines is 1. The van der Waals surface area contributed by atoms with E-state index >= 15 is 0 Å². The highest BCUT2D eigenvalue weighted by Gasteiger charge is 2.19. The van der Waals surface area contributed by atoms with Crippen molar-refractivity contribution < 1.29 is 8.42 Å². The van der Waals surface area contributed by atoms with E-state index in [2.05, 4.69) is 10.1 Å². The molecule has 0 aliphatic carbocycles. The zero-order chi connectivity index (χ0) is 23.7. The number of hydrogen-bond donors (Lipinski definition) is 2. The number of benzene rings is 3. The van der Waals surface area contributed by atoms with Crippen LogP contribution in [0.25, 0.3) is 16.7 Å². The van der Waals surface area contributed by atoms with Gasteiger partial charge in [0.25, 0.3) is 5.56 Å². The summed E-state index contributed by atoms with van der Waals surface area (Å²) in [5.74, 6) is 0. The van der Waals surface area contributed by atoms with Crippen molar-refractivity contribution in [3.05, 3.63) is 113 Å². The lowest BCUT2D eigenvalue weighted by Crippen LogP contribution is -2.12. The molecule has 0 aliphatic heterocycles. The van der Waals surface area contributed by atoms with Crippen LogP contribution in [0.15, 0.2) is 106 Å². The van der Waals surface area contributed by atoms with E-state index in [9.17, 15) is 13.2 Å². The van der Waals surface area contributed by atoms with E-state index in [1.165, 1.54) is 34.8 Å². The lowest BCUT2D eigenvalue weighted by Gasteiger charge is -2.17. The van der Waals surface area contributed by atoms with Gasteiger partial charge in [-0.1, -0.05) is 72.4 Å². The Labute approximate surface area is 199 Å². The van der Waals surface area contributed by atoms with Crippen LogP contribution in [0.5, 0.6) is 0 Å². The fourth-order valence-electron chi connectivity index (χ4n) is 3.62. The third kappa shape index (κ3) is 4.38. The summed E-state index contributed by atoms with van der Waals surface area (Å²) in [7, 11) is -3.81. The summed E-state index contributed by atoms with van der Waals surface area (Å²) < 4.78 is 24.6. The Hall–Kier alpha value is -3.73. The number of primary sulfonamides is 1. The maximum atomic E-state index is 12.8. The third-order valence-corrected chi connectivity index (χ3v) is 7.39. The number of H-pyrrole nitrogens is 1. The molecule has 2 heterocycles. The van der Waals surface area contributed by atoms with E-state index in [-0.39, 0.29) is 15.7 Å². The van der Waals surface area contributed by atoms with Gasteiger partial charge in [0.2, 0.25) is 10.0 Å². The lowest BCUT2D eigenvalue weighted by atomic mass is 10.0. The molecular formula is C24H19N5O3S2. The average molecular weight is 490 g/mol. The zero-order valence-corrected chi connectivity index (χ0v) is 19.3. The van der Waals surface area contributed by atoms with E-state index < -0.39 is 10.0 Å². The number of rotatable bonds is 6. The molecule has 0 bridgehead atoms. The van der Waals surface area contributed by atoms with Gasteiger partial charge < -0.3 is 4.98 Å². The summed E-state index contributed by atoms with van der Waals surface area (Å²) >= 11 is 1.43. The van der Waals surface area contributed by atoms with Crippen LogP contribution in [0.1, 0.15) is 16.4 Å². The van der Waals surface area contributed by atoms with E-state index in [1.807, 2.05) is 60.7 Å². The highest BCUT2D eigenvalue weighted by molar-refractivity contribution is 7.99. The predicted molar refractivity (Wildman–Crippen MR) is 131 cm³/mol.